The Hall–Kier alpha value is -1.28. The largest absolute Gasteiger partial charge is 0.507 e. The second kappa shape index (κ2) is 2.35. The Labute approximate surface area is 74.1 Å². The fraction of sp³-hybridized carbons (Fsp3) is 0. The van der Waals surface area contributed by atoms with E-state index in [0.29, 0.717) is 16.1 Å². The highest BCUT2D eigenvalue weighted by atomic mass is 35.5. The second-order valence-electron chi connectivity index (χ2n) is 2.55. The molecule has 0 aliphatic heterocycles. The number of hydrogen-bond acceptors (Lipinski definition) is 2. The molecule has 0 fully saturated rings. The van der Waals surface area contributed by atoms with Crippen LogP contribution in [0, 0.1) is 0 Å². The lowest BCUT2D eigenvalue weighted by molar-refractivity contribution is 0.104. The summed E-state index contributed by atoms with van der Waals surface area (Å²) in [7, 11) is 0. The van der Waals surface area contributed by atoms with Crippen molar-refractivity contribution in [3.63, 3.8) is 0 Å². The van der Waals surface area contributed by atoms with Gasteiger partial charge in [0.15, 0.2) is 5.78 Å². The van der Waals surface area contributed by atoms with Crippen molar-refractivity contribution in [2.45, 2.75) is 0 Å². The number of aromatic hydroxyl groups is 1. The highest BCUT2D eigenvalue weighted by Crippen LogP contribution is 2.33. The molecule has 1 aliphatic carbocycles. The molecule has 0 amide bonds. The quantitative estimate of drug-likeness (QED) is 0.665. The van der Waals surface area contributed by atoms with Crippen LogP contribution < -0.4 is 0 Å². The molecule has 12 heavy (non-hydrogen) atoms. The summed E-state index contributed by atoms with van der Waals surface area (Å²) in [6.07, 6.45) is 3.01. The van der Waals surface area contributed by atoms with Crippen molar-refractivity contribution in [2.24, 2.45) is 0 Å². The number of carbonyl (C=O) groups is 1. The van der Waals surface area contributed by atoms with Crippen LogP contribution in [0.1, 0.15) is 15.9 Å². The summed E-state index contributed by atoms with van der Waals surface area (Å²) in [5.41, 5.74) is 0.921. The molecule has 1 aromatic rings. The molecule has 2 nitrogen and oxygen atoms in total. The van der Waals surface area contributed by atoms with Gasteiger partial charge in [0.1, 0.15) is 5.75 Å². The van der Waals surface area contributed by atoms with Crippen molar-refractivity contribution >= 4 is 23.5 Å². The van der Waals surface area contributed by atoms with Crippen molar-refractivity contribution in [3.8, 4) is 5.75 Å². The normalized spacial score (nSPS) is 13.6. The molecule has 1 aliphatic rings. The number of phenolic OH excluding ortho intramolecular Hbond substituents is 1. The number of phenols is 1. The number of fused-ring (bicyclic) bond motifs is 1. The fourth-order valence-electron chi connectivity index (χ4n) is 1.25. The molecule has 1 aromatic carbocycles. The minimum atomic E-state index is -0.190. The van der Waals surface area contributed by atoms with E-state index in [1.54, 1.807) is 12.1 Å². The van der Waals surface area contributed by atoms with E-state index in [1.165, 1.54) is 12.1 Å². The van der Waals surface area contributed by atoms with Crippen molar-refractivity contribution in [1.82, 2.24) is 0 Å². The Morgan fingerprint density at radius 3 is 2.67 bits per heavy atom. The van der Waals surface area contributed by atoms with E-state index in [2.05, 4.69) is 0 Å². The van der Waals surface area contributed by atoms with E-state index < -0.39 is 0 Å². The Morgan fingerprint density at radius 1 is 1.25 bits per heavy atom. The zero-order chi connectivity index (χ0) is 8.72. The number of halogens is 1. The first kappa shape index (κ1) is 7.37. The van der Waals surface area contributed by atoms with Gasteiger partial charge in [0, 0.05) is 10.6 Å². The lowest BCUT2D eigenvalue weighted by atomic mass is 10.1. The maximum atomic E-state index is 11.1. The van der Waals surface area contributed by atoms with E-state index in [-0.39, 0.29) is 11.5 Å². The van der Waals surface area contributed by atoms with Crippen molar-refractivity contribution in [2.75, 3.05) is 0 Å². The molecule has 0 bridgehead atoms. The topological polar surface area (TPSA) is 37.3 Å². The number of carbonyl (C=O) groups excluding carboxylic acids is 1. The Bertz CT molecular complexity index is 394. The molecule has 0 heterocycles. The zero-order valence-electron chi connectivity index (χ0n) is 6.04. The van der Waals surface area contributed by atoms with E-state index in [1.807, 2.05) is 0 Å². The third kappa shape index (κ3) is 0.850. The van der Waals surface area contributed by atoms with Gasteiger partial charge in [-0.2, -0.15) is 0 Å². The van der Waals surface area contributed by atoms with Crippen LogP contribution >= 0.6 is 11.6 Å². The van der Waals surface area contributed by atoms with Gasteiger partial charge >= 0.3 is 0 Å². The van der Waals surface area contributed by atoms with E-state index in [0.717, 1.165) is 0 Å². The first-order valence-corrected chi connectivity index (χ1v) is 3.82. The number of hydrogen-bond donors (Lipinski definition) is 1. The van der Waals surface area contributed by atoms with E-state index >= 15 is 0 Å². The highest BCUT2D eigenvalue weighted by Gasteiger charge is 2.19. The van der Waals surface area contributed by atoms with Crippen molar-refractivity contribution in [3.05, 3.63) is 34.4 Å². The maximum Gasteiger partial charge on any atom is 0.190 e. The van der Waals surface area contributed by atoms with Crippen LogP contribution in [0.4, 0.5) is 0 Å². The summed E-state index contributed by atoms with van der Waals surface area (Å²) < 4.78 is 0. The molecule has 0 atom stereocenters. The molecular formula is C9H5ClO2. The standard InChI is InChI=1S/C9H5ClO2/c10-6-2-4-8(12)9-5(6)1-3-7(9)11/h1-4,12H. The van der Waals surface area contributed by atoms with Crippen LogP contribution in [0.25, 0.3) is 6.08 Å². The molecule has 0 unspecified atom stereocenters. The summed E-state index contributed by atoms with van der Waals surface area (Å²) in [5, 5.41) is 9.80. The molecular weight excluding hydrogens is 176 g/mol. The van der Waals surface area contributed by atoms with Crippen LogP contribution in [0.3, 0.4) is 0 Å². The van der Waals surface area contributed by atoms with Gasteiger partial charge in [0.2, 0.25) is 0 Å². The molecule has 0 spiro atoms. The lowest BCUT2D eigenvalue weighted by Gasteiger charge is -2.01. The third-order valence-electron chi connectivity index (χ3n) is 1.82. The fourth-order valence-corrected chi connectivity index (χ4v) is 1.47. The van der Waals surface area contributed by atoms with Gasteiger partial charge in [-0.15, -0.1) is 0 Å². The molecule has 0 saturated heterocycles. The summed E-state index contributed by atoms with van der Waals surface area (Å²) in [6, 6.07) is 2.99. The molecule has 2 rings (SSSR count). The van der Waals surface area contributed by atoms with Crippen molar-refractivity contribution in [1.29, 1.82) is 0 Å². The maximum absolute atomic E-state index is 11.1. The Morgan fingerprint density at radius 2 is 2.00 bits per heavy atom. The van der Waals surface area contributed by atoms with Gasteiger partial charge in [0.25, 0.3) is 0 Å². The monoisotopic (exact) mass is 180 g/mol. The predicted octanol–water partition coefficient (Wildman–Crippen LogP) is 2.26. The van der Waals surface area contributed by atoms with Crippen molar-refractivity contribution < 1.29 is 9.90 Å². The number of allylic oxidation sites excluding steroid dienone is 1. The average Bonchev–Trinajstić information content (AvgIpc) is 2.42. The average molecular weight is 181 g/mol. The number of ketones is 1. The smallest absolute Gasteiger partial charge is 0.190 e. The number of rotatable bonds is 0. The van der Waals surface area contributed by atoms with Crippen LogP contribution in [0.15, 0.2) is 18.2 Å². The van der Waals surface area contributed by atoms with Crippen LogP contribution in [-0.2, 0) is 0 Å². The zero-order valence-corrected chi connectivity index (χ0v) is 6.80. The Kier molecular flexibility index (Phi) is 1.45. The van der Waals surface area contributed by atoms with Gasteiger partial charge in [-0.25, -0.2) is 0 Å². The molecule has 0 saturated carbocycles. The molecule has 60 valence electrons. The van der Waals surface area contributed by atoms with Crippen LogP contribution in [0.2, 0.25) is 5.02 Å². The minimum absolute atomic E-state index is 0.00981. The summed E-state index contributed by atoms with van der Waals surface area (Å²) >= 11 is 5.79. The van der Waals surface area contributed by atoms with E-state index in [9.17, 15) is 9.90 Å². The lowest BCUT2D eigenvalue weighted by Crippen LogP contribution is -1.92. The predicted molar refractivity (Wildman–Crippen MR) is 46.5 cm³/mol. The third-order valence-corrected chi connectivity index (χ3v) is 2.15. The van der Waals surface area contributed by atoms with Gasteiger partial charge in [-0.3, -0.25) is 4.79 Å². The first-order valence-electron chi connectivity index (χ1n) is 3.44. The van der Waals surface area contributed by atoms with Gasteiger partial charge < -0.3 is 5.11 Å². The summed E-state index contributed by atoms with van der Waals surface area (Å²) in [5.74, 6) is -0.200. The summed E-state index contributed by atoms with van der Waals surface area (Å²) in [4.78, 5) is 11.1. The highest BCUT2D eigenvalue weighted by molar-refractivity contribution is 6.34. The number of benzene rings is 1. The second-order valence-corrected chi connectivity index (χ2v) is 2.96. The SMILES string of the molecule is O=C1C=Cc2c(Cl)ccc(O)c21. The summed E-state index contributed by atoms with van der Waals surface area (Å²) in [6.45, 7) is 0. The van der Waals surface area contributed by atoms with Crippen LogP contribution in [-0.4, -0.2) is 10.9 Å². The van der Waals surface area contributed by atoms with Gasteiger partial charge in [-0.1, -0.05) is 11.6 Å². The molecule has 0 radical (unpaired) electrons. The van der Waals surface area contributed by atoms with E-state index in [4.69, 9.17) is 11.6 Å². The van der Waals surface area contributed by atoms with Crippen LogP contribution in [0.5, 0.6) is 5.75 Å². The first-order chi connectivity index (χ1) is 5.70. The molecule has 1 N–H and O–H groups in total. The van der Waals surface area contributed by atoms with Gasteiger partial charge in [-0.05, 0) is 24.3 Å². The van der Waals surface area contributed by atoms with Gasteiger partial charge in [0.05, 0.1) is 5.56 Å². The molecule has 0 aromatic heterocycles. The Balaban J connectivity index is 2.79. The minimum Gasteiger partial charge on any atom is -0.507 e. The molecule has 3 heteroatoms.